The van der Waals surface area contributed by atoms with Crippen molar-refractivity contribution in [1.82, 2.24) is 9.78 Å². The van der Waals surface area contributed by atoms with Gasteiger partial charge in [-0.25, -0.2) is 0 Å². The summed E-state index contributed by atoms with van der Waals surface area (Å²) < 4.78 is 7.41. The van der Waals surface area contributed by atoms with E-state index >= 15 is 0 Å². The minimum atomic E-state index is -0.619. The summed E-state index contributed by atoms with van der Waals surface area (Å²) in [4.78, 5) is 0. The number of nitrogens with zero attached hydrogens (tertiary/aromatic N) is 2. The molecule has 1 unspecified atom stereocenters. The normalized spacial score (nSPS) is 22.1. The molecule has 1 N–H and O–H groups in total. The fourth-order valence-corrected chi connectivity index (χ4v) is 2.76. The zero-order valence-corrected chi connectivity index (χ0v) is 10.7. The van der Waals surface area contributed by atoms with Gasteiger partial charge in [-0.3, -0.25) is 4.68 Å². The molecule has 1 aliphatic rings. The van der Waals surface area contributed by atoms with Crippen LogP contribution in [-0.4, -0.2) is 27.6 Å². The van der Waals surface area contributed by atoms with E-state index in [0.717, 1.165) is 31.4 Å². The first-order valence-corrected chi connectivity index (χ1v) is 6.41. The Labute approximate surface area is 103 Å². The molecular weight excluding hydrogens is 216 g/mol. The molecular formula is C13H22N2O2. The first kappa shape index (κ1) is 12.6. The molecule has 0 spiro atoms. The van der Waals surface area contributed by atoms with E-state index in [1.807, 2.05) is 19.3 Å². The third-order valence-corrected chi connectivity index (χ3v) is 3.87. The van der Waals surface area contributed by atoms with Gasteiger partial charge in [-0.05, 0) is 18.9 Å². The Morgan fingerprint density at radius 1 is 1.35 bits per heavy atom. The van der Waals surface area contributed by atoms with Gasteiger partial charge < -0.3 is 9.84 Å². The van der Waals surface area contributed by atoms with Crippen molar-refractivity contribution in [2.24, 2.45) is 7.05 Å². The summed E-state index contributed by atoms with van der Waals surface area (Å²) in [7, 11) is 3.57. The number of rotatable bonds is 3. The maximum atomic E-state index is 10.5. The molecule has 1 atom stereocenters. The van der Waals surface area contributed by atoms with Gasteiger partial charge in [0.15, 0.2) is 0 Å². The second kappa shape index (κ2) is 5.19. The Kier molecular flexibility index (Phi) is 3.84. The lowest BCUT2D eigenvalue weighted by Crippen LogP contribution is -2.38. The molecule has 1 saturated carbocycles. The molecule has 0 radical (unpaired) electrons. The van der Waals surface area contributed by atoms with Crippen LogP contribution < -0.4 is 0 Å². The van der Waals surface area contributed by atoms with E-state index in [-0.39, 0.29) is 0 Å². The van der Waals surface area contributed by atoms with E-state index in [9.17, 15) is 5.11 Å². The Bertz CT molecular complexity index is 354. The number of aryl methyl sites for hydroxylation is 1. The van der Waals surface area contributed by atoms with Crippen molar-refractivity contribution in [3.8, 4) is 0 Å². The number of methoxy groups -OCH3 is 1. The van der Waals surface area contributed by atoms with Crippen LogP contribution in [0, 0.1) is 0 Å². The maximum absolute atomic E-state index is 10.5. The number of aromatic nitrogens is 2. The van der Waals surface area contributed by atoms with Gasteiger partial charge in [0, 0.05) is 20.4 Å². The van der Waals surface area contributed by atoms with Crippen molar-refractivity contribution >= 4 is 0 Å². The van der Waals surface area contributed by atoms with Gasteiger partial charge in [0.2, 0.25) is 0 Å². The summed E-state index contributed by atoms with van der Waals surface area (Å²) in [5.41, 5.74) is 0.279. The van der Waals surface area contributed by atoms with E-state index in [1.165, 1.54) is 12.8 Å². The van der Waals surface area contributed by atoms with Crippen LogP contribution >= 0.6 is 0 Å². The third-order valence-electron chi connectivity index (χ3n) is 3.87. The van der Waals surface area contributed by atoms with Gasteiger partial charge in [0.05, 0.1) is 11.3 Å². The zero-order chi connectivity index (χ0) is 12.3. The average molecular weight is 238 g/mol. The number of hydrogen-bond donors (Lipinski definition) is 1. The quantitative estimate of drug-likeness (QED) is 0.821. The molecule has 1 aromatic rings. The number of hydrogen-bond acceptors (Lipinski definition) is 3. The van der Waals surface area contributed by atoms with Crippen LogP contribution in [0.25, 0.3) is 0 Å². The molecule has 0 saturated heterocycles. The van der Waals surface area contributed by atoms with Crippen LogP contribution in [0.4, 0.5) is 0 Å². The minimum absolute atomic E-state index is 0.440. The molecule has 96 valence electrons. The molecule has 0 amide bonds. The SMILES string of the molecule is COC1(C(O)c2ccn(C)n2)CCCCCC1. The first-order chi connectivity index (χ1) is 8.18. The fraction of sp³-hybridized carbons (Fsp3) is 0.769. The highest BCUT2D eigenvalue weighted by Crippen LogP contribution is 2.39. The lowest BCUT2D eigenvalue weighted by atomic mass is 9.86. The molecule has 4 nitrogen and oxygen atoms in total. The third kappa shape index (κ3) is 2.53. The van der Waals surface area contributed by atoms with Gasteiger partial charge in [0.1, 0.15) is 6.10 Å². The smallest absolute Gasteiger partial charge is 0.127 e. The topological polar surface area (TPSA) is 47.3 Å². The molecule has 0 bridgehead atoms. The van der Waals surface area contributed by atoms with Gasteiger partial charge in [0.25, 0.3) is 0 Å². The molecule has 1 aliphatic carbocycles. The highest BCUT2D eigenvalue weighted by molar-refractivity contribution is 5.09. The van der Waals surface area contributed by atoms with Crippen molar-refractivity contribution in [1.29, 1.82) is 0 Å². The average Bonchev–Trinajstić information content (AvgIpc) is 2.64. The van der Waals surface area contributed by atoms with Crippen LogP contribution in [0.5, 0.6) is 0 Å². The maximum Gasteiger partial charge on any atom is 0.127 e. The molecule has 1 aromatic heterocycles. The predicted octanol–water partition coefficient (Wildman–Crippen LogP) is 2.19. The van der Waals surface area contributed by atoms with E-state index in [0.29, 0.717) is 0 Å². The lowest BCUT2D eigenvalue weighted by molar-refractivity contribution is -0.115. The van der Waals surface area contributed by atoms with E-state index in [1.54, 1.807) is 11.8 Å². The summed E-state index contributed by atoms with van der Waals surface area (Å²) in [5.74, 6) is 0. The van der Waals surface area contributed by atoms with Crippen molar-refractivity contribution in [2.75, 3.05) is 7.11 Å². The van der Waals surface area contributed by atoms with Crippen LogP contribution in [0.15, 0.2) is 12.3 Å². The number of aliphatic hydroxyl groups is 1. The highest BCUT2D eigenvalue weighted by Gasteiger charge is 2.40. The highest BCUT2D eigenvalue weighted by atomic mass is 16.5. The summed E-state index contributed by atoms with van der Waals surface area (Å²) in [6.45, 7) is 0. The summed E-state index contributed by atoms with van der Waals surface area (Å²) >= 11 is 0. The first-order valence-electron chi connectivity index (χ1n) is 6.41. The molecule has 17 heavy (non-hydrogen) atoms. The number of aliphatic hydroxyl groups excluding tert-OH is 1. The summed E-state index contributed by atoms with van der Waals surface area (Å²) in [6.07, 6.45) is 7.79. The van der Waals surface area contributed by atoms with Gasteiger partial charge in [-0.1, -0.05) is 25.7 Å². The molecule has 1 fully saturated rings. The van der Waals surface area contributed by atoms with Crippen molar-refractivity contribution < 1.29 is 9.84 Å². The summed E-state index contributed by atoms with van der Waals surface area (Å²) in [6, 6.07) is 1.87. The van der Waals surface area contributed by atoms with Gasteiger partial charge >= 0.3 is 0 Å². The molecule has 0 aliphatic heterocycles. The van der Waals surface area contributed by atoms with Crippen molar-refractivity contribution in [2.45, 2.75) is 50.2 Å². The van der Waals surface area contributed by atoms with Crippen LogP contribution in [0.1, 0.15) is 50.3 Å². The van der Waals surface area contributed by atoms with E-state index < -0.39 is 11.7 Å². The van der Waals surface area contributed by atoms with Gasteiger partial charge in [-0.15, -0.1) is 0 Å². The lowest BCUT2D eigenvalue weighted by Gasteiger charge is -2.35. The fourth-order valence-electron chi connectivity index (χ4n) is 2.76. The Balaban J connectivity index is 2.21. The van der Waals surface area contributed by atoms with Crippen LogP contribution in [0.2, 0.25) is 0 Å². The largest absolute Gasteiger partial charge is 0.384 e. The molecule has 4 heteroatoms. The van der Waals surface area contributed by atoms with Crippen molar-refractivity contribution in [3.05, 3.63) is 18.0 Å². The monoisotopic (exact) mass is 238 g/mol. The van der Waals surface area contributed by atoms with Crippen LogP contribution in [-0.2, 0) is 11.8 Å². The van der Waals surface area contributed by atoms with Gasteiger partial charge in [-0.2, -0.15) is 5.10 Å². The Morgan fingerprint density at radius 3 is 2.47 bits per heavy atom. The standard InChI is InChI=1S/C13H22N2O2/c1-15-10-7-11(14-15)12(16)13(17-2)8-5-3-4-6-9-13/h7,10,12,16H,3-6,8-9H2,1-2H3. The summed E-state index contributed by atoms with van der Waals surface area (Å²) in [5, 5.41) is 14.8. The molecule has 1 heterocycles. The minimum Gasteiger partial charge on any atom is -0.384 e. The van der Waals surface area contributed by atoms with Crippen molar-refractivity contribution in [3.63, 3.8) is 0 Å². The van der Waals surface area contributed by atoms with Crippen LogP contribution in [0.3, 0.4) is 0 Å². The molecule has 0 aromatic carbocycles. The molecule has 2 rings (SSSR count). The Morgan fingerprint density at radius 2 is 2.00 bits per heavy atom. The Hall–Kier alpha value is -0.870. The van der Waals surface area contributed by atoms with E-state index in [4.69, 9.17) is 4.74 Å². The number of ether oxygens (including phenoxy) is 1. The zero-order valence-electron chi connectivity index (χ0n) is 10.7. The predicted molar refractivity (Wildman–Crippen MR) is 65.6 cm³/mol. The second-order valence-corrected chi connectivity index (χ2v) is 5.00. The van der Waals surface area contributed by atoms with E-state index in [2.05, 4.69) is 5.10 Å². The second-order valence-electron chi connectivity index (χ2n) is 5.00.